The number of hydrogen-bond donors (Lipinski definition) is 0. The smallest absolute Gasteiger partial charge is 0.139 e. The Morgan fingerprint density at radius 3 is 2.18 bits per heavy atom. The molecule has 0 saturated carbocycles. The molecular weight excluding hydrogens is 230 g/mol. The van der Waals surface area contributed by atoms with Crippen molar-refractivity contribution >= 4 is 17.2 Å². The van der Waals surface area contributed by atoms with E-state index in [1.54, 1.807) is 11.3 Å². The third-order valence-corrected chi connectivity index (χ3v) is 3.74. The van der Waals surface area contributed by atoms with Gasteiger partial charge in [-0.25, -0.2) is 4.98 Å². The number of thiazole rings is 1. The van der Waals surface area contributed by atoms with Gasteiger partial charge >= 0.3 is 0 Å². The largest absolute Gasteiger partial charge is 0.353 e. The second-order valence-electron chi connectivity index (χ2n) is 4.34. The monoisotopic (exact) mass is 255 g/mol. The van der Waals surface area contributed by atoms with Gasteiger partial charge in [0.1, 0.15) is 5.82 Å². The molecule has 1 aliphatic heterocycles. The van der Waals surface area contributed by atoms with Crippen LogP contribution in [0.15, 0.2) is 5.38 Å². The van der Waals surface area contributed by atoms with Crippen LogP contribution in [0.4, 0.5) is 5.82 Å². The second kappa shape index (κ2) is 6.97. The van der Waals surface area contributed by atoms with E-state index in [4.69, 9.17) is 0 Å². The molecule has 0 unspecified atom stereocenters. The van der Waals surface area contributed by atoms with E-state index in [0.29, 0.717) is 6.04 Å². The van der Waals surface area contributed by atoms with Gasteiger partial charge in [0, 0.05) is 37.6 Å². The highest BCUT2D eigenvalue weighted by atomic mass is 32.1. The first kappa shape index (κ1) is 14.5. The summed E-state index contributed by atoms with van der Waals surface area (Å²) >= 11 is 1.74. The van der Waals surface area contributed by atoms with Gasteiger partial charge in [0.05, 0.1) is 5.01 Å². The van der Waals surface area contributed by atoms with Crippen LogP contribution in [0.1, 0.15) is 32.7 Å². The minimum Gasteiger partial charge on any atom is -0.353 e. The Bertz CT molecular complexity index is 314. The Balaban J connectivity index is 0.000000686. The molecule has 2 heterocycles. The molecule has 1 saturated heterocycles. The molecule has 1 aromatic heterocycles. The van der Waals surface area contributed by atoms with Crippen molar-refractivity contribution in [2.75, 3.05) is 31.1 Å². The van der Waals surface area contributed by atoms with Crippen LogP contribution in [0.3, 0.4) is 0 Å². The lowest BCUT2D eigenvalue weighted by molar-refractivity contribution is 0.209. The molecule has 2 rings (SSSR count). The van der Waals surface area contributed by atoms with Crippen molar-refractivity contribution in [1.29, 1.82) is 0 Å². The molecule has 0 bridgehead atoms. The van der Waals surface area contributed by atoms with Crippen molar-refractivity contribution in [1.82, 2.24) is 9.88 Å². The lowest BCUT2D eigenvalue weighted by Crippen LogP contribution is -2.49. The highest BCUT2D eigenvalue weighted by molar-refractivity contribution is 7.09. The Morgan fingerprint density at radius 2 is 1.76 bits per heavy atom. The maximum atomic E-state index is 4.53. The number of aryl methyl sites for hydroxylation is 1. The first-order chi connectivity index (χ1) is 8.16. The summed E-state index contributed by atoms with van der Waals surface area (Å²) in [5.74, 6) is 1.17. The third kappa shape index (κ3) is 3.96. The minimum absolute atomic E-state index is 0.671. The van der Waals surface area contributed by atoms with E-state index in [2.05, 4.69) is 40.9 Å². The van der Waals surface area contributed by atoms with Crippen LogP contribution in [0.5, 0.6) is 0 Å². The molecule has 1 aromatic rings. The van der Waals surface area contributed by atoms with E-state index in [-0.39, 0.29) is 0 Å². The SMILES string of the molecule is CC.Cc1nc(N2CCN(C(C)C)CC2)cs1. The fourth-order valence-electron chi connectivity index (χ4n) is 1.96. The van der Waals surface area contributed by atoms with Crippen molar-refractivity contribution in [3.63, 3.8) is 0 Å². The van der Waals surface area contributed by atoms with Crippen LogP contribution >= 0.6 is 11.3 Å². The second-order valence-corrected chi connectivity index (χ2v) is 5.40. The van der Waals surface area contributed by atoms with Gasteiger partial charge in [0.2, 0.25) is 0 Å². The fourth-order valence-corrected chi connectivity index (χ4v) is 2.59. The minimum atomic E-state index is 0.671. The topological polar surface area (TPSA) is 19.4 Å². The van der Waals surface area contributed by atoms with E-state index < -0.39 is 0 Å². The lowest BCUT2D eigenvalue weighted by Gasteiger charge is -2.37. The predicted octanol–water partition coefficient (Wildman–Crippen LogP) is 3.01. The van der Waals surface area contributed by atoms with Crippen molar-refractivity contribution in [3.8, 4) is 0 Å². The van der Waals surface area contributed by atoms with E-state index in [9.17, 15) is 0 Å². The Labute approximate surface area is 109 Å². The van der Waals surface area contributed by atoms with Crippen LogP contribution in [0, 0.1) is 6.92 Å². The molecule has 98 valence electrons. The summed E-state index contributed by atoms with van der Waals surface area (Å²) in [5, 5.41) is 3.33. The van der Waals surface area contributed by atoms with Crippen LogP contribution in [0.25, 0.3) is 0 Å². The quantitative estimate of drug-likeness (QED) is 0.810. The molecule has 4 heteroatoms. The molecule has 1 fully saturated rings. The number of anilines is 1. The Hall–Kier alpha value is -0.610. The van der Waals surface area contributed by atoms with E-state index in [0.717, 1.165) is 31.2 Å². The Kier molecular flexibility index (Phi) is 5.92. The molecule has 0 aromatic carbocycles. The average Bonchev–Trinajstić information content (AvgIpc) is 2.79. The molecule has 1 aliphatic rings. The summed E-state index contributed by atoms with van der Waals surface area (Å²) in [7, 11) is 0. The van der Waals surface area contributed by atoms with E-state index in [1.807, 2.05) is 13.8 Å². The van der Waals surface area contributed by atoms with Crippen molar-refractivity contribution in [2.24, 2.45) is 0 Å². The van der Waals surface area contributed by atoms with Gasteiger partial charge in [0.25, 0.3) is 0 Å². The van der Waals surface area contributed by atoms with E-state index >= 15 is 0 Å². The summed E-state index contributed by atoms with van der Waals surface area (Å²) in [6.07, 6.45) is 0. The average molecular weight is 255 g/mol. The zero-order chi connectivity index (χ0) is 12.8. The molecule has 0 atom stereocenters. The summed E-state index contributed by atoms with van der Waals surface area (Å²) < 4.78 is 0. The molecule has 0 amide bonds. The zero-order valence-electron chi connectivity index (χ0n) is 11.7. The number of piperazine rings is 1. The van der Waals surface area contributed by atoms with Gasteiger partial charge in [-0.3, -0.25) is 4.90 Å². The molecule has 0 spiro atoms. The molecule has 0 N–H and O–H groups in total. The van der Waals surface area contributed by atoms with Crippen LogP contribution < -0.4 is 4.90 Å². The zero-order valence-corrected chi connectivity index (χ0v) is 12.5. The van der Waals surface area contributed by atoms with Gasteiger partial charge in [0.15, 0.2) is 0 Å². The molecule has 3 nitrogen and oxygen atoms in total. The summed E-state index contributed by atoms with van der Waals surface area (Å²) in [6.45, 7) is 15.1. The Morgan fingerprint density at radius 1 is 1.18 bits per heavy atom. The van der Waals surface area contributed by atoms with Gasteiger partial charge < -0.3 is 4.90 Å². The maximum absolute atomic E-state index is 4.53. The fraction of sp³-hybridized carbons (Fsp3) is 0.769. The predicted molar refractivity (Wildman–Crippen MR) is 77.1 cm³/mol. The first-order valence-electron chi connectivity index (χ1n) is 6.58. The van der Waals surface area contributed by atoms with Gasteiger partial charge in [-0.1, -0.05) is 13.8 Å². The number of hydrogen-bond acceptors (Lipinski definition) is 4. The number of nitrogens with zero attached hydrogens (tertiary/aromatic N) is 3. The molecule has 0 aliphatic carbocycles. The highest BCUT2D eigenvalue weighted by Crippen LogP contribution is 2.19. The molecular formula is C13H25N3S. The molecule has 17 heavy (non-hydrogen) atoms. The van der Waals surface area contributed by atoms with Crippen LogP contribution in [-0.4, -0.2) is 42.1 Å². The molecule has 0 radical (unpaired) electrons. The van der Waals surface area contributed by atoms with E-state index in [1.165, 1.54) is 5.82 Å². The third-order valence-electron chi connectivity index (χ3n) is 2.98. The summed E-state index contributed by atoms with van der Waals surface area (Å²) in [5.41, 5.74) is 0. The standard InChI is InChI=1S/C11H19N3S.C2H6/c1-9(2)13-4-6-14(7-5-13)11-8-15-10(3)12-11;1-2/h8-9H,4-7H2,1-3H3;1-2H3. The van der Waals surface area contributed by atoms with Crippen LogP contribution in [0.2, 0.25) is 0 Å². The summed E-state index contributed by atoms with van der Waals surface area (Å²) in [4.78, 5) is 9.44. The number of rotatable bonds is 2. The normalized spacial score (nSPS) is 16.9. The number of aromatic nitrogens is 1. The van der Waals surface area contributed by atoms with Gasteiger partial charge in [-0.2, -0.15) is 0 Å². The van der Waals surface area contributed by atoms with Crippen molar-refractivity contribution in [2.45, 2.75) is 40.7 Å². The van der Waals surface area contributed by atoms with Gasteiger partial charge in [-0.05, 0) is 20.8 Å². The summed E-state index contributed by atoms with van der Waals surface area (Å²) in [6, 6.07) is 0.671. The van der Waals surface area contributed by atoms with Crippen LogP contribution in [-0.2, 0) is 0 Å². The van der Waals surface area contributed by atoms with Gasteiger partial charge in [-0.15, -0.1) is 11.3 Å². The maximum Gasteiger partial charge on any atom is 0.139 e. The van der Waals surface area contributed by atoms with Crippen molar-refractivity contribution < 1.29 is 0 Å². The van der Waals surface area contributed by atoms with Crippen molar-refractivity contribution in [3.05, 3.63) is 10.4 Å². The lowest BCUT2D eigenvalue weighted by atomic mass is 10.2. The first-order valence-corrected chi connectivity index (χ1v) is 7.46. The highest BCUT2D eigenvalue weighted by Gasteiger charge is 2.19.